The highest BCUT2D eigenvalue weighted by Crippen LogP contribution is 2.26. The minimum atomic E-state index is -3.02. The quantitative estimate of drug-likeness (QED) is 0.783. The first kappa shape index (κ1) is 14.3. The zero-order valence-corrected chi connectivity index (χ0v) is 12.3. The second-order valence-electron chi connectivity index (χ2n) is 5.55. The standard InChI is InChI=1S/C13H26N2O2S/c1-2-8-14-9-11-15(12-10-14)18(16,17)13-6-4-3-5-7-13/h13H,2-12H2,1H3. The summed E-state index contributed by atoms with van der Waals surface area (Å²) < 4.78 is 26.8. The third kappa shape index (κ3) is 3.25. The maximum atomic E-state index is 12.5. The molecule has 0 bridgehead atoms. The van der Waals surface area contributed by atoms with Crippen LogP contribution in [0, 0.1) is 0 Å². The molecule has 0 amide bonds. The molecule has 2 fully saturated rings. The Labute approximate surface area is 111 Å². The molecule has 0 unspecified atom stereocenters. The molecule has 0 aromatic heterocycles. The summed E-state index contributed by atoms with van der Waals surface area (Å²) in [6.45, 7) is 6.46. The number of hydrogen-bond acceptors (Lipinski definition) is 3. The Hall–Kier alpha value is -0.130. The highest BCUT2D eigenvalue weighted by molar-refractivity contribution is 7.89. The van der Waals surface area contributed by atoms with Crippen LogP contribution in [0.1, 0.15) is 45.4 Å². The van der Waals surface area contributed by atoms with Gasteiger partial charge in [-0.1, -0.05) is 26.2 Å². The fourth-order valence-corrected chi connectivity index (χ4v) is 5.12. The number of nitrogens with zero attached hydrogens (tertiary/aromatic N) is 2. The molecule has 1 heterocycles. The largest absolute Gasteiger partial charge is 0.301 e. The van der Waals surface area contributed by atoms with Crippen molar-refractivity contribution < 1.29 is 8.42 Å². The van der Waals surface area contributed by atoms with E-state index in [-0.39, 0.29) is 5.25 Å². The van der Waals surface area contributed by atoms with E-state index in [1.54, 1.807) is 4.31 Å². The molecular weight excluding hydrogens is 248 g/mol. The minimum absolute atomic E-state index is 0.0935. The van der Waals surface area contributed by atoms with Gasteiger partial charge in [-0.05, 0) is 25.8 Å². The molecule has 5 heteroatoms. The summed E-state index contributed by atoms with van der Waals surface area (Å²) in [6.07, 6.45) is 6.26. The van der Waals surface area contributed by atoms with Crippen LogP contribution in [0.3, 0.4) is 0 Å². The van der Waals surface area contributed by atoms with E-state index in [2.05, 4.69) is 11.8 Å². The molecule has 0 aromatic carbocycles. The van der Waals surface area contributed by atoms with Crippen LogP contribution in [0.2, 0.25) is 0 Å². The number of rotatable bonds is 4. The van der Waals surface area contributed by atoms with Crippen molar-refractivity contribution in [2.45, 2.75) is 50.7 Å². The van der Waals surface area contributed by atoms with E-state index in [0.29, 0.717) is 13.1 Å². The van der Waals surface area contributed by atoms with E-state index in [0.717, 1.165) is 51.7 Å². The van der Waals surface area contributed by atoms with Crippen molar-refractivity contribution in [3.8, 4) is 0 Å². The maximum Gasteiger partial charge on any atom is 0.217 e. The van der Waals surface area contributed by atoms with Gasteiger partial charge in [-0.25, -0.2) is 8.42 Å². The Morgan fingerprint density at radius 3 is 2.17 bits per heavy atom. The lowest BCUT2D eigenvalue weighted by atomic mass is 10.0. The van der Waals surface area contributed by atoms with Crippen LogP contribution in [0.15, 0.2) is 0 Å². The molecule has 2 aliphatic rings. The lowest BCUT2D eigenvalue weighted by molar-refractivity contribution is 0.187. The summed E-state index contributed by atoms with van der Waals surface area (Å²) in [5.74, 6) is 0. The predicted octanol–water partition coefficient (Wildman–Crippen LogP) is 1.68. The van der Waals surface area contributed by atoms with Gasteiger partial charge < -0.3 is 4.90 Å². The molecule has 0 spiro atoms. The average molecular weight is 274 g/mol. The summed E-state index contributed by atoms with van der Waals surface area (Å²) in [5.41, 5.74) is 0. The number of sulfonamides is 1. The molecule has 1 saturated carbocycles. The van der Waals surface area contributed by atoms with Crippen molar-refractivity contribution in [3.63, 3.8) is 0 Å². The predicted molar refractivity (Wildman–Crippen MR) is 74.1 cm³/mol. The van der Waals surface area contributed by atoms with Gasteiger partial charge in [-0.3, -0.25) is 0 Å². The summed E-state index contributed by atoms with van der Waals surface area (Å²) >= 11 is 0. The molecule has 1 saturated heterocycles. The van der Waals surface area contributed by atoms with Crippen molar-refractivity contribution in [2.24, 2.45) is 0 Å². The van der Waals surface area contributed by atoms with E-state index in [1.165, 1.54) is 6.42 Å². The lowest BCUT2D eigenvalue weighted by Gasteiger charge is -2.36. The molecular formula is C13H26N2O2S. The van der Waals surface area contributed by atoms with E-state index >= 15 is 0 Å². The van der Waals surface area contributed by atoms with Crippen LogP contribution in [0.5, 0.6) is 0 Å². The Kier molecular flexibility index (Phi) is 5.04. The number of piperazine rings is 1. The van der Waals surface area contributed by atoms with Crippen LogP contribution in [-0.4, -0.2) is 55.6 Å². The van der Waals surface area contributed by atoms with Gasteiger partial charge in [0.2, 0.25) is 10.0 Å². The van der Waals surface area contributed by atoms with Gasteiger partial charge in [-0.15, -0.1) is 0 Å². The Balaban J connectivity index is 1.91. The third-order valence-electron chi connectivity index (χ3n) is 4.20. The smallest absolute Gasteiger partial charge is 0.217 e. The maximum absolute atomic E-state index is 12.5. The van der Waals surface area contributed by atoms with E-state index in [9.17, 15) is 8.42 Å². The van der Waals surface area contributed by atoms with Gasteiger partial charge >= 0.3 is 0 Å². The summed E-state index contributed by atoms with van der Waals surface area (Å²) in [5, 5.41) is -0.0935. The first-order valence-electron chi connectivity index (χ1n) is 7.36. The van der Waals surface area contributed by atoms with Gasteiger partial charge in [0, 0.05) is 26.2 Å². The average Bonchev–Trinajstić information content (AvgIpc) is 2.41. The molecule has 1 aliphatic carbocycles. The molecule has 2 rings (SSSR count). The summed E-state index contributed by atoms with van der Waals surface area (Å²) in [4.78, 5) is 2.37. The van der Waals surface area contributed by atoms with Crippen LogP contribution in [-0.2, 0) is 10.0 Å². The van der Waals surface area contributed by atoms with Gasteiger partial charge in [0.1, 0.15) is 0 Å². The first-order valence-corrected chi connectivity index (χ1v) is 8.86. The molecule has 106 valence electrons. The monoisotopic (exact) mass is 274 g/mol. The minimum Gasteiger partial charge on any atom is -0.301 e. The molecule has 0 atom stereocenters. The van der Waals surface area contributed by atoms with E-state index in [1.807, 2.05) is 0 Å². The molecule has 0 radical (unpaired) electrons. The molecule has 0 N–H and O–H groups in total. The van der Waals surface area contributed by atoms with Crippen molar-refractivity contribution in [1.82, 2.24) is 9.21 Å². The van der Waals surface area contributed by atoms with Gasteiger partial charge in [0.15, 0.2) is 0 Å². The second kappa shape index (κ2) is 6.35. The fourth-order valence-electron chi connectivity index (χ4n) is 3.10. The van der Waals surface area contributed by atoms with E-state index < -0.39 is 10.0 Å². The highest BCUT2D eigenvalue weighted by atomic mass is 32.2. The Morgan fingerprint density at radius 1 is 1.00 bits per heavy atom. The normalized spacial score (nSPS) is 25.4. The second-order valence-corrected chi connectivity index (χ2v) is 7.76. The van der Waals surface area contributed by atoms with Gasteiger partial charge in [-0.2, -0.15) is 4.31 Å². The SMILES string of the molecule is CCCN1CCN(S(=O)(=O)C2CCCCC2)CC1. The number of hydrogen-bond donors (Lipinski definition) is 0. The first-order chi connectivity index (χ1) is 8.64. The Morgan fingerprint density at radius 2 is 1.61 bits per heavy atom. The highest BCUT2D eigenvalue weighted by Gasteiger charge is 2.34. The topological polar surface area (TPSA) is 40.6 Å². The van der Waals surface area contributed by atoms with Gasteiger partial charge in [0.05, 0.1) is 5.25 Å². The van der Waals surface area contributed by atoms with Crippen LogP contribution in [0.25, 0.3) is 0 Å². The fraction of sp³-hybridized carbons (Fsp3) is 1.00. The van der Waals surface area contributed by atoms with E-state index in [4.69, 9.17) is 0 Å². The van der Waals surface area contributed by atoms with Crippen molar-refractivity contribution >= 4 is 10.0 Å². The third-order valence-corrected chi connectivity index (χ3v) is 6.60. The van der Waals surface area contributed by atoms with Crippen molar-refractivity contribution in [1.29, 1.82) is 0 Å². The van der Waals surface area contributed by atoms with Crippen molar-refractivity contribution in [3.05, 3.63) is 0 Å². The zero-order chi connectivity index (χ0) is 13.0. The van der Waals surface area contributed by atoms with Crippen LogP contribution < -0.4 is 0 Å². The lowest BCUT2D eigenvalue weighted by Crippen LogP contribution is -2.51. The summed E-state index contributed by atoms with van der Waals surface area (Å²) in [6, 6.07) is 0. The van der Waals surface area contributed by atoms with Gasteiger partial charge in [0.25, 0.3) is 0 Å². The van der Waals surface area contributed by atoms with Crippen LogP contribution in [0.4, 0.5) is 0 Å². The molecule has 1 aliphatic heterocycles. The molecule has 4 nitrogen and oxygen atoms in total. The van der Waals surface area contributed by atoms with Crippen LogP contribution >= 0.6 is 0 Å². The van der Waals surface area contributed by atoms with Crippen molar-refractivity contribution in [2.75, 3.05) is 32.7 Å². The molecule has 0 aromatic rings. The molecule has 18 heavy (non-hydrogen) atoms. The zero-order valence-electron chi connectivity index (χ0n) is 11.5. The Bertz CT molecular complexity index is 342. The summed E-state index contributed by atoms with van der Waals surface area (Å²) in [7, 11) is -3.02.